The molecule has 1 aromatic rings. The number of hydrogen-bond acceptors (Lipinski definition) is 3. The second-order valence-electron chi connectivity index (χ2n) is 4.43. The van der Waals surface area contributed by atoms with Crippen molar-refractivity contribution in [2.75, 3.05) is 6.54 Å². The number of rotatable bonds is 4. The summed E-state index contributed by atoms with van der Waals surface area (Å²) in [4.78, 5) is 0. The molecule has 0 unspecified atom stereocenters. The van der Waals surface area contributed by atoms with Gasteiger partial charge in [0, 0.05) is 6.54 Å². The molecule has 0 amide bonds. The average molecular weight is 216 g/mol. The average Bonchev–Trinajstić information content (AvgIpc) is 2.27. The SMILES string of the molecule is N#Cc1ccc(CNCC2CC(O)C2)cc1. The van der Waals surface area contributed by atoms with E-state index in [1.54, 1.807) is 0 Å². The van der Waals surface area contributed by atoms with Crippen LogP contribution in [0.2, 0.25) is 0 Å². The number of nitriles is 1. The molecule has 0 atom stereocenters. The molecule has 0 saturated heterocycles. The van der Waals surface area contributed by atoms with Crippen molar-refractivity contribution in [3.8, 4) is 6.07 Å². The molecule has 1 aromatic carbocycles. The van der Waals surface area contributed by atoms with Gasteiger partial charge in [-0.25, -0.2) is 0 Å². The van der Waals surface area contributed by atoms with Crippen LogP contribution in [0, 0.1) is 17.2 Å². The zero-order valence-corrected chi connectivity index (χ0v) is 9.19. The maximum Gasteiger partial charge on any atom is 0.0991 e. The highest BCUT2D eigenvalue weighted by Crippen LogP contribution is 2.26. The van der Waals surface area contributed by atoms with Gasteiger partial charge in [-0.15, -0.1) is 0 Å². The normalized spacial score (nSPS) is 23.5. The first-order valence-corrected chi connectivity index (χ1v) is 5.66. The fourth-order valence-corrected chi connectivity index (χ4v) is 1.98. The molecule has 1 aliphatic carbocycles. The van der Waals surface area contributed by atoms with Gasteiger partial charge in [-0.2, -0.15) is 5.26 Å². The first-order valence-electron chi connectivity index (χ1n) is 5.66. The fraction of sp³-hybridized carbons (Fsp3) is 0.462. The highest BCUT2D eigenvalue weighted by molar-refractivity contribution is 5.31. The molecule has 0 aromatic heterocycles. The van der Waals surface area contributed by atoms with Crippen molar-refractivity contribution in [3.05, 3.63) is 35.4 Å². The van der Waals surface area contributed by atoms with Crippen molar-refractivity contribution < 1.29 is 5.11 Å². The van der Waals surface area contributed by atoms with Crippen LogP contribution in [0.5, 0.6) is 0 Å². The van der Waals surface area contributed by atoms with Gasteiger partial charge < -0.3 is 10.4 Å². The van der Waals surface area contributed by atoms with Crippen LogP contribution in [-0.4, -0.2) is 17.8 Å². The Kier molecular flexibility index (Phi) is 3.55. The largest absolute Gasteiger partial charge is 0.393 e. The van der Waals surface area contributed by atoms with Crippen molar-refractivity contribution in [1.82, 2.24) is 5.32 Å². The lowest BCUT2D eigenvalue weighted by Gasteiger charge is -2.31. The maximum atomic E-state index is 9.13. The summed E-state index contributed by atoms with van der Waals surface area (Å²) in [7, 11) is 0. The predicted molar refractivity (Wildman–Crippen MR) is 61.6 cm³/mol. The number of aliphatic hydroxyl groups is 1. The Morgan fingerprint density at radius 3 is 2.56 bits per heavy atom. The number of nitrogens with one attached hydrogen (secondary N) is 1. The van der Waals surface area contributed by atoms with Crippen molar-refractivity contribution in [3.63, 3.8) is 0 Å². The third kappa shape index (κ3) is 2.82. The molecule has 3 nitrogen and oxygen atoms in total. The van der Waals surface area contributed by atoms with E-state index >= 15 is 0 Å². The molecule has 2 N–H and O–H groups in total. The molecule has 0 aliphatic heterocycles. The molecule has 3 heteroatoms. The van der Waals surface area contributed by atoms with Crippen molar-refractivity contribution in [2.24, 2.45) is 5.92 Å². The zero-order chi connectivity index (χ0) is 11.4. The summed E-state index contributed by atoms with van der Waals surface area (Å²) in [5.41, 5.74) is 1.89. The summed E-state index contributed by atoms with van der Waals surface area (Å²) in [5, 5.41) is 21.2. The van der Waals surface area contributed by atoms with E-state index in [0.717, 1.165) is 25.9 Å². The minimum Gasteiger partial charge on any atom is -0.393 e. The molecule has 0 bridgehead atoms. The van der Waals surface area contributed by atoms with Crippen LogP contribution in [-0.2, 0) is 6.54 Å². The van der Waals surface area contributed by atoms with Crippen LogP contribution >= 0.6 is 0 Å². The van der Waals surface area contributed by atoms with E-state index in [1.165, 1.54) is 5.56 Å². The van der Waals surface area contributed by atoms with E-state index in [9.17, 15) is 0 Å². The van der Waals surface area contributed by atoms with Crippen molar-refractivity contribution in [2.45, 2.75) is 25.5 Å². The van der Waals surface area contributed by atoms with Crippen molar-refractivity contribution in [1.29, 1.82) is 5.26 Å². The lowest BCUT2D eigenvalue weighted by Crippen LogP contribution is -2.35. The van der Waals surface area contributed by atoms with Gasteiger partial charge >= 0.3 is 0 Å². The third-order valence-corrected chi connectivity index (χ3v) is 3.06. The molecule has 0 radical (unpaired) electrons. The monoisotopic (exact) mass is 216 g/mol. The molecule has 1 fully saturated rings. The highest BCUT2D eigenvalue weighted by atomic mass is 16.3. The van der Waals surface area contributed by atoms with Crippen LogP contribution < -0.4 is 5.32 Å². The molecule has 2 rings (SSSR count). The Morgan fingerprint density at radius 1 is 1.31 bits per heavy atom. The Bertz CT molecular complexity index is 374. The highest BCUT2D eigenvalue weighted by Gasteiger charge is 2.26. The zero-order valence-electron chi connectivity index (χ0n) is 9.19. The Labute approximate surface area is 95.7 Å². The lowest BCUT2D eigenvalue weighted by molar-refractivity contribution is 0.0430. The van der Waals surface area contributed by atoms with Gasteiger partial charge in [0.1, 0.15) is 0 Å². The van der Waals surface area contributed by atoms with Gasteiger partial charge in [0.2, 0.25) is 0 Å². The van der Waals surface area contributed by atoms with Gasteiger partial charge in [-0.1, -0.05) is 12.1 Å². The molecular formula is C13H16N2O. The maximum absolute atomic E-state index is 9.13. The molecule has 84 valence electrons. The van der Waals surface area contributed by atoms with E-state index in [1.807, 2.05) is 24.3 Å². The van der Waals surface area contributed by atoms with Gasteiger partial charge in [0.25, 0.3) is 0 Å². The molecule has 1 aliphatic rings. The molecule has 1 saturated carbocycles. The second kappa shape index (κ2) is 5.11. The van der Waals surface area contributed by atoms with Gasteiger partial charge in [-0.05, 0) is 43.0 Å². The number of aliphatic hydroxyl groups excluding tert-OH is 1. The summed E-state index contributed by atoms with van der Waals surface area (Å²) in [6.07, 6.45) is 1.79. The summed E-state index contributed by atoms with van der Waals surface area (Å²) in [6, 6.07) is 9.73. The minimum absolute atomic E-state index is 0.0679. The lowest BCUT2D eigenvalue weighted by atomic mass is 9.82. The summed E-state index contributed by atoms with van der Waals surface area (Å²) in [6.45, 7) is 1.80. The van der Waals surface area contributed by atoms with Crippen LogP contribution in [0.15, 0.2) is 24.3 Å². The Morgan fingerprint density at radius 2 is 2.00 bits per heavy atom. The Hall–Kier alpha value is -1.37. The predicted octanol–water partition coefficient (Wildman–Crippen LogP) is 1.42. The van der Waals surface area contributed by atoms with E-state index < -0.39 is 0 Å². The van der Waals surface area contributed by atoms with E-state index in [2.05, 4.69) is 11.4 Å². The number of nitrogens with zero attached hydrogens (tertiary/aromatic N) is 1. The standard InChI is InChI=1S/C13H16N2O/c14-7-10-1-3-11(4-2-10)8-15-9-12-5-13(16)6-12/h1-4,12-13,15-16H,5-6,8-9H2. The third-order valence-electron chi connectivity index (χ3n) is 3.06. The number of hydrogen-bond donors (Lipinski definition) is 2. The summed E-state index contributed by atoms with van der Waals surface area (Å²) < 4.78 is 0. The van der Waals surface area contributed by atoms with Crippen LogP contribution in [0.4, 0.5) is 0 Å². The van der Waals surface area contributed by atoms with Gasteiger partial charge in [0.15, 0.2) is 0 Å². The Balaban J connectivity index is 1.71. The first kappa shape index (κ1) is 11.1. The van der Waals surface area contributed by atoms with Crippen LogP contribution in [0.25, 0.3) is 0 Å². The molecule has 0 spiro atoms. The van der Waals surface area contributed by atoms with Crippen LogP contribution in [0.1, 0.15) is 24.0 Å². The smallest absolute Gasteiger partial charge is 0.0991 e. The van der Waals surface area contributed by atoms with E-state index in [0.29, 0.717) is 11.5 Å². The van der Waals surface area contributed by atoms with Gasteiger partial charge in [0.05, 0.1) is 17.7 Å². The van der Waals surface area contributed by atoms with Crippen LogP contribution in [0.3, 0.4) is 0 Å². The summed E-state index contributed by atoms with van der Waals surface area (Å²) >= 11 is 0. The topological polar surface area (TPSA) is 56.0 Å². The van der Waals surface area contributed by atoms with Crippen molar-refractivity contribution >= 4 is 0 Å². The number of benzene rings is 1. The quantitative estimate of drug-likeness (QED) is 0.800. The van der Waals surface area contributed by atoms with E-state index in [-0.39, 0.29) is 6.10 Å². The summed E-state index contributed by atoms with van der Waals surface area (Å²) in [5.74, 6) is 0.633. The molecular weight excluding hydrogens is 200 g/mol. The molecule has 0 heterocycles. The fourth-order valence-electron chi connectivity index (χ4n) is 1.98. The molecule has 16 heavy (non-hydrogen) atoms. The second-order valence-corrected chi connectivity index (χ2v) is 4.43. The first-order chi connectivity index (χ1) is 7.78. The minimum atomic E-state index is -0.0679. The van der Waals surface area contributed by atoms with E-state index in [4.69, 9.17) is 10.4 Å². The van der Waals surface area contributed by atoms with Gasteiger partial charge in [-0.3, -0.25) is 0 Å².